The van der Waals surface area contributed by atoms with Crippen LogP contribution in [0, 0.1) is 13.8 Å². The average Bonchev–Trinajstić information content (AvgIpc) is 2.89. The summed E-state index contributed by atoms with van der Waals surface area (Å²) in [5, 5.41) is 3.56. The molecule has 0 spiro atoms. The largest absolute Gasteiger partial charge is 0.462 e. The van der Waals surface area contributed by atoms with Gasteiger partial charge in [-0.15, -0.1) is 0 Å². The average molecular weight is 368 g/mol. The molecule has 0 radical (unpaired) electrons. The van der Waals surface area contributed by atoms with Gasteiger partial charge in [-0.3, -0.25) is 4.79 Å². The van der Waals surface area contributed by atoms with Gasteiger partial charge in [0.25, 0.3) is 0 Å². The molecule has 24 heavy (non-hydrogen) atoms. The van der Waals surface area contributed by atoms with E-state index in [1.165, 1.54) is 18.0 Å². The van der Waals surface area contributed by atoms with E-state index in [0.29, 0.717) is 20.7 Å². The Morgan fingerprint density at radius 1 is 1.42 bits per heavy atom. The molecular formula is C14H16N4O4S2. The minimum absolute atomic E-state index is 0.0914. The van der Waals surface area contributed by atoms with E-state index in [0.717, 1.165) is 16.9 Å². The van der Waals surface area contributed by atoms with Crippen molar-refractivity contribution in [3.63, 3.8) is 0 Å². The Bertz CT molecular complexity index is 815. The SMILES string of the molecule is CCOC(=O)c1sc(NC(=O)CSc2[nH]c(=O)ncc2C)nc1C. The molecule has 2 heterocycles. The molecule has 10 heteroatoms. The maximum atomic E-state index is 12.0. The third-order valence-corrected chi connectivity index (χ3v) is 4.98. The van der Waals surface area contributed by atoms with Crippen molar-refractivity contribution in [3.05, 3.63) is 32.8 Å². The summed E-state index contributed by atoms with van der Waals surface area (Å²) in [5.41, 5.74) is 0.830. The second-order valence-corrected chi connectivity index (χ2v) is 6.68. The first-order valence-electron chi connectivity index (χ1n) is 7.03. The van der Waals surface area contributed by atoms with Crippen molar-refractivity contribution in [2.75, 3.05) is 17.7 Å². The molecule has 0 saturated heterocycles. The summed E-state index contributed by atoms with van der Waals surface area (Å²) < 4.78 is 4.93. The Balaban J connectivity index is 1.97. The fraction of sp³-hybridized carbons (Fsp3) is 0.357. The van der Waals surface area contributed by atoms with Crippen LogP contribution in [0.5, 0.6) is 0 Å². The highest BCUT2D eigenvalue weighted by atomic mass is 32.2. The zero-order valence-corrected chi connectivity index (χ0v) is 15.0. The number of carbonyl (C=O) groups is 2. The Morgan fingerprint density at radius 3 is 2.88 bits per heavy atom. The van der Waals surface area contributed by atoms with Crippen LogP contribution in [0.25, 0.3) is 0 Å². The standard InChI is InChI=1S/C14H16N4O4S2/c1-4-22-12(20)10-8(3)16-14(24-10)17-9(19)6-23-11-7(2)5-15-13(21)18-11/h5H,4,6H2,1-3H3,(H,15,18,21)(H,16,17,19). The predicted molar refractivity (Wildman–Crippen MR) is 91.8 cm³/mol. The normalized spacial score (nSPS) is 10.5. The minimum Gasteiger partial charge on any atom is -0.462 e. The number of thioether (sulfide) groups is 1. The highest BCUT2D eigenvalue weighted by Gasteiger charge is 2.17. The van der Waals surface area contributed by atoms with Gasteiger partial charge >= 0.3 is 11.7 Å². The lowest BCUT2D eigenvalue weighted by Gasteiger charge is -2.04. The van der Waals surface area contributed by atoms with Gasteiger partial charge in [0.15, 0.2) is 5.13 Å². The molecule has 2 rings (SSSR count). The first-order valence-corrected chi connectivity index (χ1v) is 8.84. The number of aryl methyl sites for hydroxylation is 2. The number of nitrogens with zero attached hydrogens (tertiary/aromatic N) is 2. The molecule has 128 valence electrons. The van der Waals surface area contributed by atoms with Gasteiger partial charge in [-0.2, -0.15) is 0 Å². The Kier molecular flexibility index (Phi) is 6.10. The fourth-order valence-corrected chi connectivity index (χ4v) is 3.38. The zero-order valence-electron chi connectivity index (χ0n) is 13.3. The van der Waals surface area contributed by atoms with Crippen LogP contribution in [-0.4, -0.2) is 39.2 Å². The van der Waals surface area contributed by atoms with Crippen LogP contribution < -0.4 is 11.0 Å². The number of hydrogen-bond acceptors (Lipinski definition) is 8. The molecule has 8 nitrogen and oxygen atoms in total. The molecule has 0 atom stereocenters. The van der Waals surface area contributed by atoms with Gasteiger partial charge in [-0.05, 0) is 26.3 Å². The number of hydrogen-bond donors (Lipinski definition) is 2. The molecule has 2 aromatic rings. The molecule has 0 aliphatic heterocycles. The van der Waals surface area contributed by atoms with Crippen LogP contribution >= 0.6 is 23.1 Å². The van der Waals surface area contributed by atoms with Crippen LogP contribution in [0.15, 0.2) is 16.0 Å². The van der Waals surface area contributed by atoms with Crippen molar-refractivity contribution in [2.24, 2.45) is 0 Å². The van der Waals surface area contributed by atoms with E-state index in [-0.39, 0.29) is 18.3 Å². The third-order valence-electron chi connectivity index (χ3n) is 2.81. The maximum Gasteiger partial charge on any atom is 0.350 e. The van der Waals surface area contributed by atoms with Crippen molar-refractivity contribution in [1.82, 2.24) is 15.0 Å². The van der Waals surface area contributed by atoms with E-state index in [1.807, 2.05) is 0 Å². The molecular weight excluding hydrogens is 352 g/mol. The molecule has 0 aliphatic carbocycles. The summed E-state index contributed by atoms with van der Waals surface area (Å²) in [7, 11) is 0. The van der Waals surface area contributed by atoms with Crippen LogP contribution in [0.4, 0.5) is 5.13 Å². The smallest absolute Gasteiger partial charge is 0.350 e. The predicted octanol–water partition coefficient (Wildman–Crippen LogP) is 1.75. The summed E-state index contributed by atoms with van der Waals surface area (Å²) in [6, 6.07) is 0. The second kappa shape index (κ2) is 8.06. The summed E-state index contributed by atoms with van der Waals surface area (Å²) in [6.45, 7) is 5.47. The molecule has 0 saturated carbocycles. The van der Waals surface area contributed by atoms with Crippen molar-refractivity contribution in [2.45, 2.75) is 25.8 Å². The lowest BCUT2D eigenvalue weighted by Crippen LogP contribution is -2.16. The van der Waals surface area contributed by atoms with Gasteiger partial charge in [-0.1, -0.05) is 23.1 Å². The molecule has 0 aromatic carbocycles. The number of aromatic nitrogens is 3. The van der Waals surface area contributed by atoms with Gasteiger partial charge in [0.2, 0.25) is 5.91 Å². The van der Waals surface area contributed by atoms with Crippen LogP contribution in [0.2, 0.25) is 0 Å². The molecule has 0 bridgehead atoms. The summed E-state index contributed by atoms with van der Waals surface area (Å²) >= 11 is 2.26. The Labute approximate surface area is 146 Å². The summed E-state index contributed by atoms with van der Waals surface area (Å²) in [4.78, 5) is 45.6. The summed E-state index contributed by atoms with van der Waals surface area (Å²) in [5.74, 6) is -0.651. The van der Waals surface area contributed by atoms with Gasteiger partial charge in [-0.25, -0.2) is 19.6 Å². The van der Waals surface area contributed by atoms with Crippen molar-refractivity contribution >= 4 is 40.1 Å². The number of carbonyl (C=O) groups excluding carboxylic acids is 2. The Morgan fingerprint density at radius 2 is 2.17 bits per heavy atom. The van der Waals surface area contributed by atoms with E-state index in [4.69, 9.17) is 4.74 Å². The molecule has 2 N–H and O–H groups in total. The number of nitrogens with one attached hydrogen (secondary N) is 2. The quantitative estimate of drug-likeness (QED) is 0.453. The highest BCUT2D eigenvalue weighted by Crippen LogP contribution is 2.24. The molecule has 2 aromatic heterocycles. The van der Waals surface area contributed by atoms with Gasteiger partial charge < -0.3 is 15.0 Å². The molecule has 1 amide bonds. The number of ether oxygens (including phenoxy) is 1. The van der Waals surface area contributed by atoms with Gasteiger partial charge in [0, 0.05) is 6.20 Å². The van der Waals surface area contributed by atoms with Crippen LogP contribution in [0.3, 0.4) is 0 Å². The Hall–Kier alpha value is -2.20. The van der Waals surface area contributed by atoms with Crippen molar-refractivity contribution < 1.29 is 14.3 Å². The van der Waals surface area contributed by atoms with E-state index >= 15 is 0 Å². The van der Waals surface area contributed by atoms with Gasteiger partial charge in [0.05, 0.1) is 23.1 Å². The lowest BCUT2D eigenvalue weighted by atomic mass is 10.4. The lowest BCUT2D eigenvalue weighted by molar-refractivity contribution is -0.113. The zero-order chi connectivity index (χ0) is 17.7. The second-order valence-electron chi connectivity index (χ2n) is 4.69. The molecule has 0 aliphatic rings. The number of aromatic amines is 1. The van der Waals surface area contributed by atoms with Crippen molar-refractivity contribution in [1.29, 1.82) is 0 Å². The highest BCUT2D eigenvalue weighted by molar-refractivity contribution is 8.00. The fourth-order valence-electron chi connectivity index (χ4n) is 1.72. The first kappa shape index (κ1) is 18.1. The number of anilines is 1. The first-order chi connectivity index (χ1) is 11.4. The number of rotatable bonds is 6. The summed E-state index contributed by atoms with van der Waals surface area (Å²) in [6.07, 6.45) is 1.45. The molecule has 0 fully saturated rings. The van der Waals surface area contributed by atoms with E-state index in [1.54, 1.807) is 20.8 Å². The van der Waals surface area contributed by atoms with E-state index in [9.17, 15) is 14.4 Å². The number of amides is 1. The van der Waals surface area contributed by atoms with E-state index in [2.05, 4.69) is 20.3 Å². The van der Waals surface area contributed by atoms with E-state index < -0.39 is 11.7 Å². The third kappa shape index (κ3) is 4.65. The number of esters is 1. The maximum absolute atomic E-state index is 12.0. The van der Waals surface area contributed by atoms with Crippen molar-refractivity contribution in [3.8, 4) is 0 Å². The molecule has 0 unspecified atom stereocenters. The number of thiazole rings is 1. The number of H-pyrrole nitrogens is 1. The minimum atomic E-state index is -0.460. The van der Waals surface area contributed by atoms with Crippen LogP contribution in [0.1, 0.15) is 27.9 Å². The monoisotopic (exact) mass is 368 g/mol. The topological polar surface area (TPSA) is 114 Å². The van der Waals surface area contributed by atoms with Crippen LogP contribution in [-0.2, 0) is 9.53 Å². The van der Waals surface area contributed by atoms with Gasteiger partial charge in [0.1, 0.15) is 4.88 Å².